The zero-order chi connectivity index (χ0) is 39.2. The maximum Gasteiger partial charge on any atom is 0.0714 e. The second-order valence-electron chi connectivity index (χ2n) is 15.3. The first kappa shape index (κ1) is 34.6. The molecule has 0 heterocycles. The summed E-state index contributed by atoms with van der Waals surface area (Å²) in [5.74, 6) is 0. The first-order chi connectivity index (χ1) is 29.3. The van der Waals surface area contributed by atoms with E-state index in [1.807, 2.05) is 0 Å². The van der Waals surface area contributed by atoms with Crippen LogP contribution in [0.2, 0.25) is 0 Å². The lowest BCUT2D eigenvalue weighted by Gasteiger charge is -2.35. The quantitative estimate of drug-likeness (QED) is 0.152. The van der Waals surface area contributed by atoms with E-state index in [-0.39, 0.29) is 0 Å². The summed E-state index contributed by atoms with van der Waals surface area (Å²) in [6.45, 7) is 0. The molecule has 10 aromatic carbocycles. The molecule has 1 atom stereocenters. The van der Waals surface area contributed by atoms with Crippen LogP contribution in [0.4, 0.5) is 34.1 Å². The Bertz CT molecular complexity index is 3010. The Morgan fingerprint density at radius 1 is 0.288 bits per heavy atom. The Kier molecular flexibility index (Phi) is 8.41. The molecule has 0 spiro atoms. The van der Waals surface area contributed by atoms with Crippen LogP contribution in [0, 0.1) is 0 Å². The maximum absolute atomic E-state index is 2.49. The number of fused-ring (bicyclic) bond motifs is 5. The monoisotopic (exact) mass is 752 g/mol. The predicted octanol–water partition coefficient (Wildman–Crippen LogP) is 15.3. The molecule has 0 saturated carbocycles. The number of anilines is 6. The fourth-order valence-electron chi connectivity index (χ4n) is 9.54. The van der Waals surface area contributed by atoms with Gasteiger partial charge in [0.05, 0.1) is 11.1 Å². The molecule has 1 unspecified atom stereocenters. The minimum atomic E-state index is -0.599. The van der Waals surface area contributed by atoms with Crippen LogP contribution in [0.3, 0.4) is 0 Å². The summed E-state index contributed by atoms with van der Waals surface area (Å²) in [6.07, 6.45) is 0. The fraction of sp³-hybridized carbons (Fsp3) is 0.0175. The maximum atomic E-state index is 2.49. The predicted molar refractivity (Wildman–Crippen MR) is 248 cm³/mol. The van der Waals surface area contributed by atoms with E-state index in [2.05, 4.69) is 252 Å². The van der Waals surface area contributed by atoms with Gasteiger partial charge in [-0.05, 0) is 117 Å². The summed E-state index contributed by atoms with van der Waals surface area (Å²) in [5.41, 5.74) is 13.6. The second-order valence-corrected chi connectivity index (χ2v) is 15.3. The highest BCUT2D eigenvalue weighted by Crippen LogP contribution is 2.61. The van der Waals surface area contributed by atoms with Gasteiger partial charge in [-0.25, -0.2) is 0 Å². The van der Waals surface area contributed by atoms with E-state index in [1.165, 1.54) is 54.9 Å². The number of hydrogen-bond acceptors (Lipinski definition) is 2. The Balaban J connectivity index is 1.31. The van der Waals surface area contributed by atoms with E-state index >= 15 is 0 Å². The summed E-state index contributed by atoms with van der Waals surface area (Å²) in [7, 11) is 0. The molecule has 0 N–H and O–H groups in total. The molecule has 0 fully saturated rings. The third-order valence-electron chi connectivity index (χ3n) is 12.0. The van der Waals surface area contributed by atoms with Gasteiger partial charge in [-0.3, -0.25) is 0 Å². The van der Waals surface area contributed by atoms with Crippen molar-refractivity contribution >= 4 is 55.7 Å². The van der Waals surface area contributed by atoms with Crippen molar-refractivity contribution in [3.05, 3.63) is 265 Å². The molecule has 1 aliphatic rings. The van der Waals surface area contributed by atoms with E-state index in [1.54, 1.807) is 0 Å². The molecule has 59 heavy (non-hydrogen) atoms. The third-order valence-corrected chi connectivity index (χ3v) is 12.0. The second kappa shape index (κ2) is 14.4. The van der Waals surface area contributed by atoms with Gasteiger partial charge >= 0.3 is 0 Å². The van der Waals surface area contributed by atoms with Crippen molar-refractivity contribution < 1.29 is 0 Å². The first-order valence-corrected chi connectivity index (χ1v) is 20.4. The number of nitrogens with zero attached hydrogens (tertiary/aromatic N) is 2. The van der Waals surface area contributed by atoms with Crippen LogP contribution >= 0.6 is 0 Å². The van der Waals surface area contributed by atoms with E-state index in [9.17, 15) is 0 Å². The van der Waals surface area contributed by atoms with Gasteiger partial charge in [-0.15, -0.1) is 0 Å². The average molecular weight is 753 g/mol. The molecule has 0 bridgehead atoms. The molecule has 0 aliphatic heterocycles. The summed E-state index contributed by atoms with van der Waals surface area (Å²) in [5, 5.41) is 4.81. The van der Waals surface area contributed by atoms with Crippen molar-refractivity contribution in [2.75, 3.05) is 9.80 Å². The highest BCUT2D eigenvalue weighted by Gasteiger charge is 2.48. The molecule has 10 aromatic rings. The minimum Gasteiger partial charge on any atom is -0.310 e. The normalized spacial score (nSPS) is 14.2. The Morgan fingerprint density at radius 2 is 0.780 bits per heavy atom. The Hall–Kier alpha value is -7.68. The van der Waals surface area contributed by atoms with Gasteiger partial charge in [0, 0.05) is 39.4 Å². The molecule has 1 aliphatic carbocycles. The van der Waals surface area contributed by atoms with Gasteiger partial charge in [0.2, 0.25) is 0 Å². The number of rotatable bonds is 8. The summed E-state index contributed by atoms with van der Waals surface area (Å²) >= 11 is 0. The molecule has 0 aromatic heterocycles. The van der Waals surface area contributed by atoms with Gasteiger partial charge in [-0.2, -0.15) is 0 Å². The highest BCUT2D eigenvalue weighted by atomic mass is 15.2. The fourth-order valence-corrected chi connectivity index (χ4v) is 9.54. The van der Waals surface area contributed by atoms with Crippen molar-refractivity contribution in [2.24, 2.45) is 0 Å². The van der Waals surface area contributed by atoms with Crippen LogP contribution in [-0.2, 0) is 5.41 Å². The minimum absolute atomic E-state index is 0.599. The van der Waals surface area contributed by atoms with Crippen molar-refractivity contribution in [1.29, 1.82) is 0 Å². The van der Waals surface area contributed by atoms with Crippen LogP contribution in [-0.4, -0.2) is 0 Å². The molecule has 278 valence electrons. The van der Waals surface area contributed by atoms with E-state index < -0.39 is 5.41 Å². The standard InChI is InChI=1S/C57H40N2/c1-6-22-44(23-7-1)57(45-36-34-41-20-16-17-21-42(41)38-45)53-33-19-18-32-51(53)55-54(57)39-43-35-37-50(58(46-24-8-2-9-25-46)47-26-10-3-11-27-47)40-52(43)56(55)59(48-28-12-4-13-29-48)49-30-14-5-15-31-49/h1-40H. The molecule has 0 saturated heterocycles. The zero-order valence-corrected chi connectivity index (χ0v) is 32.5. The summed E-state index contributed by atoms with van der Waals surface area (Å²) < 4.78 is 0. The van der Waals surface area contributed by atoms with E-state index in [0.29, 0.717) is 0 Å². The first-order valence-electron chi connectivity index (χ1n) is 20.4. The van der Waals surface area contributed by atoms with Gasteiger partial charge in [0.1, 0.15) is 0 Å². The average Bonchev–Trinajstić information content (AvgIpc) is 3.61. The lowest BCUT2D eigenvalue weighted by molar-refractivity contribution is 0.771. The molecule has 2 heteroatoms. The molecule has 2 nitrogen and oxygen atoms in total. The van der Waals surface area contributed by atoms with Gasteiger partial charge in [0.15, 0.2) is 0 Å². The van der Waals surface area contributed by atoms with Crippen molar-refractivity contribution in [2.45, 2.75) is 5.41 Å². The largest absolute Gasteiger partial charge is 0.310 e. The molecule has 0 radical (unpaired) electrons. The van der Waals surface area contributed by atoms with Crippen LogP contribution in [0.15, 0.2) is 243 Å². The third kappa shape index (κ3) is 5.64. The van der Waals surface area contributed by atoms with E-state index in [0.717, 1.165) is 34.1 Å². The van der Waals surface area contributed by atoms with Crippen molar-refractivity contribution in [1.82, 2.24) is 0 Å². The molecule has 11 rings (SSSR count). The highest BCUT2D eigenvalue weighted by molar-refractivity contribution is 6.12. The van der Waals surface area contributed by atoms with Crippen molar-refractivity contribution in [3.8, 4) is 11.1 Å². The molecule has 0 amide bonds. The van der Waals surface area contributed by atoms with Crippen molar-refractivity contribution in [3.63, 3.8) is 0 Å². The molecular formula is C57H40N2. The summed E-state index contributed by atoms with van der Waals surface area (Å²) in [4.78, 5) is 4.85. The number of hydrogen-bond donors (Lipinski definition) is 0. The van der Waals surface area contributed by atoms with Gasteiger partial charge < -0.3 is 9.80 Å². The number of benzene rings is 10. The number of para-hydroxylation sites is 4. The lowest BCUT2D eigenvalue weighted by Crippen LogP contribution is -2.28. The van der Waals surface area contributed by atoms with Gasteiger partial charge in [0.25, 0.3) is 0 Å². The Morgan fingerprint density at radius 3 is 1.39 bits per heavy atom. The van der Waals surface area contributed by atoms with E-state index in [4.69, 9.17) is 0 Å². The smallest absolute Gasteiger partial charge is 0.0714 e. The van der Waals surface area contributed by atoms with Crippen LogP contribution < -0.4 is 9.80 Å². The van der Waals surface area contributed by atoms with Crippen LogP contribution in [0.5, 0.6) is 0 Å². The van der Waals surface area contributed by atoms with Gasteiger partial charge in [-0.1, -0.05) is 170 Å². The SMILES string of the molecule is c1ccc(N(c2ccccc2)c2ccc3cc4c(c(N(c5ccccc5)c5ccccc5)c3c2)-c2ccccc2C4(c2ccccc2)c2ccc3ccccc3c2)cc1. The lowest BCUT2D eigenvalue weighted by atomic mass is 9.67. The molecular weight excluding hydrogens is 713 g/mol. The Labute approximate surface area is 345 Å². The van der Waals surface area contributed by atoms with Crippen LogP contribution in [0.1, 0.15) is 22.3 Å². The summed E-state index contributed by atoms with van der Waals surface area (Å²) in [6, 6.07) is 88.7. The zero-order valence-electron chi connectivity index (χ0n) is 32.5. The van der Waals surface area contributed by atoms with Crippen LogP contribution in [0.25, 0.3) is 32.7 Å². The topological polar surface area (TPSA) is 6.48 Å².